The Bertz CT molecular complexity index is 504. The van der Waals surface area contributed by atoms with Crippen LogP contribution in [-0.4, -0.2) is 29.8 Å². The zero-order valence-corrected chi connectivity index (χ0v) is 10.5. The van der Waals surface area contributed by atoms with Crippen LogP contribution in [-0.2, 0) is 0 Å². The average Bonchev–Trinajstić information content (AvgIpc) is 2.33. The number of benzene rings is 1. The van der Waals surface area contributed by atoms with Gasteiger partial charge in [-0.15, -0.1) is 0 Å². The van der Waals surface area contributed by atoms with Gasteiger partial charge in [-0.3, -0.25) is 4.79 Å². The lowest BCUT2D eigenvalue weighted by atomic mass is 9.80. The highest BCUT2D eigenvalue weighted by Gasteiger charge is 2.34. The Labute approximate surface area is 113 Å². The fourth-order valence-electron chi connectivity index (χ4n) is 1.98. The Morgan fingerprint density at radius 1 is 1.45 bits per heavy atom. The monoisotopic (exact) mass is 289 g/mol. The Hall–Kier alpha value is -1.76. The van der Waals surface area contributed by atoms with Gasteiger partial charge in [0.05, 0.1) is 11.2 Å². The van der Waals surface area contributed by atoms with E-state index in [1.54, 1.807) is 0 Å². The molecule has 0 spiro atoms. The maximum absolute atomic E-state index is 13.0. The van der Waals surface area contributed by atoms with Crippen molar-refractivity contribution in [1.29, 1.82) is 0 Å². The Morgan fingerprint density at radius 2 is 2.15 bits per heavy atom. The minimum absolute atomic E-state index is 0.0251. The SMILES string of the molecule is O=C(NCC1(O)CCC1)c1ccc(F)cc1OC(F)F. The highest BCUT2D eigenvalue weighted by molar-refractivity contribution is 5.96. The second-order valence-corrected chi connectivity index (χ2v) is 4.78. The molecule has 0 atom stereocenters. The van der Waals surface area contributed by atoms with E-state index in [9.17, 15) is 23.1 Å². The molecule has 2 rings (SSSR count). The second kappa shape index (κ2) is 5.70. The van der Waals surface area contributed by atoms with Crippen LogP contribution in [0.1, 0.15) is 29.6 Å². The quantitative estimate of drug-likeness (QED) is 0.872. The van der Waals surface area contributed by atoms with Crippen molar-refractivity contribution < 1.29 is 27.8 Å². The lowest BCUT2D eigenvalue weighted by Crippen LogP contribution is -2.47. The predicted molar refractivity (Wildman–Crippen MR) is 64.2 cm³/mol. The molecule has 1 aromatic rings. The molecule has 20 heavy (non-hydrogen) atoms. The molecule has 1 fully saturated rings. The Balaban J connectivity index is 2.08. The van der Waals surface area contributed by atoms with E-state index in [0.717, 1.165) is 24.6 Å². The minimum atomic E-state index is -3.15. The topological polar surface area (TPSA) is 58.6 Å². The van der Waals surface area contributed by atoms with Gasteiger partial charge in [-0.2, -0.15) is 8.78 Å². The van der Waals surface area contributed by atoms with Crippen LogP contribution in [0.4, 0.5) is 13.2 Å². The third-order valence-electron chi connectivity index (χ3n) is 3.27. The molecular formula is C13H14F3NO3. The molecule has 1 aromatic carbocycles. The fourth-order valence-corrected chi connectivity index (χ4v) is 1.98. The van der Waals surface area contributed by atoms with Crippen molar-refractivity contribution in [2.75, 3.05) is 6.54 Å². The summed E-state index contributed by atoms with van der Waals surface area (Å²) in [4.78, 5) is 11.9. The number of nitrogens with one attached hydrogen (secondary N) is 1. The molecule has 1 amide bonds. The van der Waals surface area contributed by atoms with Gasteiger partial charge in [0.25, 0.3) is 5.91 Å². The van der Waals surface area contributed by atoms with Crippen molar-refractivity contribution in [2.45, 2.75) is 31.5 Å². The normalized spacial score (nSPS) is 16.6. The third kappa shape index (κ3) is 3.41. The van der Waals surface area contributed by atoms with Gasteiger partial charge in [-0.1, -0.05) is 0 Å². The average molecular weight is 289 g/mol. The molecule has 0 aromatic heterocycles. The summed E-state index contributed by atoms with van der Waals surface area (Å²) in [6.07, 6.45) is 2.04. The summed E-state index contributed by atoms with van der Waals surface area (Å²) < 4.78 is 41.6. The van der Waals surface area contributed by atoms with E-state index in [0.29, 0.717) is 12.8 Å². The van der Waals surface area contributed by atoms with Crippen LogP contribution in [0.3, 0.4) is 0 Å². The highest BCUT2D eigenvalue weighted by Crippen LogP contribution is 2.31. The first kappa shape index (κ1) is 14.6. The van der Waals surface area contributed by atoms with Gasteiger partial charge in [-0.25, -0.2) is 4.39 Å². The van der Waals surface area contributed by atoms with Crippen LogP contribution in [0.2, 0.25) is 0 Å². The molecule has 0 radical (unpaired) electrons. The van der Waals surface area contributed by atoms with E-state index >= 15 is 0 Å². The summed E-state index contributed by atoms with van der Waals surface area (Å²) in [7, 11) is 0. The highest BCUT2D eigenvalue weighted by atomic mass is 19.3. The zero-order chi connectivity index (χ0) is 14.8. The number of carbonyl (C=O) groups excluding carboxylic acids is 1. The van der Waals surface area contributed by atoms with Crippen molar-refractivity contribution in [3.05, 3.63) is 29.6 Å². The van der Waals surface area contributed by atoms with Gasteiger partial charge in [0.2, 0.25) is 0 Å². The largest absolute Gasteiger partial charge is 0.434 e. The van der Waals surface area contributed by atoms with Crippen LogP contribution < -0.4 is 10.1 Å². The van der Waals surface area contributed by atoms with E-state index in [1.165, 1.54) is 0 Å². The maximum Gasteiger partial charge on any atom is 0.387 e. The summed E-state index contributed by atoms with van der Waals surface area (Å²) in [5.41, 5.74) is -1.13. The number of alkyl halides is 2. The zero-order valence-electron chi connectivity index (χ0n) is 10.5. The van der Waals surface area contributed by atoms with Gasteiger partial charge < -0.3 is 15.2 Å². The molecule has 1 aliphatic carbocycles. The smallest absolute Gasteiger partial charge is 0.387 e. The lowest BCUT2D eigenvalue weighted by Gasteiger charge is -2.36. The number of hydrogen-bond donors (Lipinski definition) is 2. The first-order valence-corrected chi connectivity index (χ1v) is 6.15. The molecule has 2 N–H and O–H groups in total. The van der Waals surface area contributed by atoms with Crippen molar-refractivity contribution in [3.63, 3.8) is 0 Å². The van der Waals surface area contributed by atoms with Crippen LogP contribution in [0, 0.1) is 5.82 Å². The minimum Gasteiger partial charge on any atom is -0.434 e. The van der Waals surface area contributed by atoms with Crippen molar-refractivity contribution >= 4 is 5.91 Å². The second-order valence-electron chi connectivity index (χ2n) is 4.78. The molecule has 7 heteroatoms. The molecule has 1 saturated carbocycles. The van der Waals surface area contributed by atoms with Crippen LogP contribution >= 0.6 is 0 Å². The fraction of sp³-hybridized carbons (Fsp3) is 0.462. The number of aliphatic hydroxyl groups is 1. The standard InChI is InChI=1S/C13H14F3NO3/c14-8-2-3-9(10(6-8)20-12(15)16)11(18)17-7-13(19)4-1-5-13/h2-3,6,12,19H,1,4-5,7H2,(H,17,18). The molecule has 0 saturated heterocycles. The molecule has 110 valence electrons. The number of hydrogen-bond acceptors (Lipinski definition) is 3. The van der Waals surface area contributed by atoms with E-state index in [4.69, 9.17) is 0 Å². The lowest BCUT2D eigenvalue weighted by molar-refractivity contribution is -0.0505. The number of ether oxygens (including phenoxy) is 1. The molecule has 0 bridgehead atoms. The summed E-state index contributed by atoms with van der Waals surface area (Å²) in [6, 6.07) is 2.76. The van der Waals surface area contributed by atoms with Gasteiger partial charge in [0, 0.05) is 12.6 Å². The summed E-state index contributed by atoms with van der Waals surface area (Å²) >= 11 is 0. The van der Waals surface area contributed by atoms with Crippen LogP contribution in [0.15, 0.2) is 18.2 Å². The number of rotatable bonds is 5. The van der Waals surface area contributed by atoms with Gasteiger partial charge in [0.1, 0.15) is 11.6 Å². The van der Waals surface area contributed by atoms with Crippen molar-refractivity contribution in [2.24, 2.45) is 0 Å². The molecule has 0 unspecified atom stereocenters. The van der Waals surface area contributed by atoms with Gasteiger partial charge >= 0.3 is 6.61 Å². The number of carbonyl (C=O) groups is 1. The Morgan fingerprint density at radius 3 is 2.70 bits per heavy atom. The van der Waals surface area contributed by atoms with E-state index in [2.05, 4.69) is 10.1 Å². The first-order chi connectivity index (χ1) is 9.39. The summed E-state index contributed by atoms with van der Waals surface area (Å²) in [5.74, 6) is -2.01. The van der Waals surface area contributed by atoms with E-state index in [1.807, 2.05) is 0 Å². The maximum atomic E-state index is 13.0. The molecule has 0 aliphatic heterocycles. The molecular weight excluding hydrogens is 275 g/mol. The number of halogens is 3. The summed E-state index contributed by atoms with van der Waals surface area (Å²) in [6.45, 7) is -3.13. The molecule has 0 heterocycles. The van der Waals surface area contributed by atoms with E-state index in [-0.39, 0.29) is 12.1 Å². The third-order valence-corrected chi connectivity index (χ3v) is 3.27. The predicted octanol–water partition coefficient (Wildman–Crippen LogP) is 2.07. The van der Waals surface area contributed by atoms with Crippen LogP contribution in [0.25, 0.3) is 0 Å². The Kier molecular flexibility index (Phi) is 4.17. The van der Waals surface area contributed by atoms with Crippen LogP contribution in [0.5, 0.6) is 5.75 Å². The summed E-state index contributed by atoms with van der Waals surface area (Å²) in [5, 5.41) is 12.3. The van der Waals surface area contributed by atoms with Crippen molar-refractivity contribution in [3.8, 4) is 5.75 Å². The van der Waals surface area contributed by atoms with Crippen molar-refractivity contribution in [1.82, 2.24) is 5.32 Å². The van der Waals surface area contributed by atoms with Gasteiger partial charge in [-0.05, 0) is 31.4 Å². The van der Waals surface area contributed by atoms with E-state index < -0.39 is 29.7 Å². The molecule has 1 aliphatic rings. The molecule has 4 nitrogen and oxygen atoms in total. The number of amides is 1. The first-order valence-electron chi connectivity index (χ1n) is 6.15. The van der Waals surface area contributed by atoms with Gasteiger partial charge in [0.15, 0.2) is 0 Å².